The van der Waals surface area contributed by atoms with E-state index in [0.29, 0.717) is 16.1 Å². The molecule has 0 fully saturated rings. The summed E-state index contributed by atoms with van der Waals surface area (Å²) in [5.74, 6) is 1.05. The Labute approximate surface area is 136 Å². The zero-order chi connectivity index (χ0) is 16.5. The number of nitrogens with one attached hydrogen (secondary N) is 1. The number of carbonyl (C=O) groups is 1. The lowest BCUT2D eigenvalue weighted by molar-refractivity contribution is -0.122. The van der Waals surface area contributed by atoms with Crippen molar-refractivity contribution in [3.8, 4) is 11.4 Å². The van der Waals surface area contributed by atoms with E-state index in [2.05, 4.69) is 27.9 Å². The quantitative estimate of drug-likeness (QED) is 0.816. The highest BCUT2D eigenvalue weighted by molar-refractivity contribution is 7.85. The van der Waals surface area contributed by atoms with E-state index >= 15 is 0 Å². The molecule has 8 heteroatoms. The molecular formula is C14H19N3O3S2. The van der Waals surface area contributed by atoms with Gasteiger partial charge >= 0.3 is 0 Å². The minimum atomic E-state index is -1.29. The van der Waals surface area contributed by atoms with Gasteiger partial charge in [-0.1, -0.05) is 44.2 Å². The Morgan fingerprint density at radius 1 is 1.27 bits per heavy atom. The molecule has 2 unspecified atom stereocenters. The van der Waals surface area contributed by atoms with Crippen molar-refractivity contribution in [1.82, 2.24) is 14.1 Å². The van der Waals surface area contributed by atoms with Crippen LogP contribution in [0.2, 0.25) is 0 Å². The highest BCUT2D eigenvalue weighted by Gasteiger charge is 2.16. The van der Waals surface area contributed by atoms with Crippen LogP contribution in [-0.4, -0.2) is 31.2 Å². The number of carboxylic acid groups (broad SMARTS) is 1. The molecule has 2 aromatic rings. The molecule has 0 spiro atoms. The van der Waals surface area contributed by atoms with E-state index in [1.807, 2.05) is 37.3 Å². The van der Waals surface area contributed by atoms with Crippen molar-refractivity contribution in [3.05, 3.63) is 30.3 Å². The van der Waals surface area contributed by atoms with Gasteiger partial charge in [-0.25, -0.2) is 13.9 Å². The number of nitrogens with zero attached hydrogens (tertiary/aromatic N) is 2. The van der Waals surface area contributed by atoms with Crippen molar-refractivity contribution < 1.29 is 14.1 Å². The molecule has 0 bridgehead atoms. The molecule has 1 heterocycles. The first-order chi connectivity index (χ1) is 10.5. The molecule has 0 radical (unpaired) electrons. The smallest absolute Gasteiger partial charge is 0.290 e. The van der Waals surface area contributed by atoms with Gasteiger partial charge in [0.15, 0.2) is 16.8 Å². The molecule has 0 amide bonds. The van der Waals surface area contributed by atoms with E-state index in [-0.39, 0.29) is 12.5 Å². The van der Waals surface area contributed by atoms with Crippen LogP contribution >= 0.6 is 11.5 Å². The van der Waals surface area contributed by atoms with Gasteiger partial charge < -0.3 is 5.11 Å². The summed E-state index contributed by atoms with van der Waals surface area (Å²) in [4.78, 5) is 12.7. The van der Waals surface area contributed by atoms with Gasteiger partial charge in [-0.2, -0.15) is 4.37 Å². The number of aromatic nitrogens is 2. The first-order valence-electron chi connectivity index (χ1n) is 6.64. The fourth-order valence-corrected chi connectivity index (χ4v) is 3.19. The van der Waals surface area contributed by atoms with Crippen LogP contribution in [-0.2, 0) is 15.8 Å². The molecule has 6 nitrogen and oxygen atoms in total. The topological polar surface area (TPSA) is 92.2 Å². The minimum absolute atomic E-state index is 0.171. The summed E-state index contributed by atoms with van der Waals surface area (Å²) in [6.45, 7) is 5.94. The van der Waals surface area contributed by atoms with Crippen molar-refractivity contribution in [3.63, 3.8) is 0 Å². The summed E-state index contributed by atoms with van der Waals surface area (Å²) in [5, 5.41) is 6.89. The van der Waals surface area contributed by atoms with E-state index in [1.165, 1.54) is 11.5 Å². The molecule has 0 saturated heterocycles. The zero-order valence-electron chi connectivity index (χ0n) is 12.6. The fourth-order valence-electron chi connectivity index (χ4n) is 1.34. The van der Waals surface area contributed by atoms with Crippen molar-refractivity contribution in [2.75, 3.05) is 0 Å². The van der Waals surface area contributed by atoms with Crippen molar-refractivity contribution >= 4 is 29.0 Å². The Hall–Kier alpha value is -1.64. The van der Waals surface area contributed by atoms with Crippen LogP contribution in [0.5, 0.6) is 0 Å². The van der Waals surface area contributed by atoms with Crippen LogP contribution in [0.4, 0.5) is 0 Å². The number of hydrogen-bond acceptors (Lipinski definition) is 5. The lowest BCUT2D eigenvalue weighted by atomic mass is 10.1. The third-order valence-electron chi connectivity index (χ3n) is 2.89. The highest BCUT2D eigenvalue weighted by Crippen LogP contribution is 2.19. The lowest BCUT2D eigenvalue weighted by Gasteiger charge is -2.15. The van der Waals surface area contributed by atoms with Crippen molar-refractivity contribution in [2.45, 2.75) is 31.2 Å². The molecule has 22 heavy (non-hydrogen) atoms. The van der Waals surface area contributed by atoms with Crippen LogP contribution in [0, 0.1) is 5.92 Å². The monoisotopic (exact) mass is 341 g/mol. The molecule has 2 atom stereocenters. The predicted octanol–water partition coefficient (Wildman–Crippen LogP) is 2.56. The van der Waals surface area contributed by atoms with E-state index < -0.39 is 11.0 Å². The van der Waals surface area contributed by atoms with Crippen LogP contribution < -0.4 is 4.72 Å². The fraction of sp³-hybridized carbons (Fsp3) is 0.357. The summed E-state index contributed by atoms with van der Waals surface area (Å²) < 4.78 is 19.9. The molecule has 0 aliphatic heterocycles. The van der Waals surface area contributed by atoms with Gasteiger partial charge in [0.2, 0.25) is 4.34 Å². The molecule has 0 saturated carbocycles. The maximum Gasteiger partial charge on any atom is 0.290 e. The van der Waals surface area contributed by atoms with Gasteiger partial charge in [0.25, 0.3) is 6.47 Å². The van der Waals surface area contributed by atoms with Crippen LogP contribution in [0.3, 0.4) is 0 Å². The van der Waals surface area contributed by atoms with Gasteiger partial charge in [0.05, 0.1) is 0 Å². The van der Waals surface area contributed by atoms with Gasteiger partial charge in [-0.3, -0.25) is 4.79 Å². The maximum absolute atomic E-state index is 12.1. The summed E-state index contributed by atoms with van der Waals surface area (Å²) in [6.07, 6.45) is 0. The standard InChI is InChI=1S/C13H17N3OS2.CH2O2/c1-9(2)10(3)16-19(17)13-14-12(15-18-13)11-7-5-4-6-8-11;2-1-3/h4-10,16H,1-3H3;1H,(H,2,3). The zero-order valence-corrected chi connectivity index (χ0v) is 14.2. The summed E-state index contributed by atoms with van der Waals surface area (Å²) in [6, 6.07) is 9.88. The van der Waals surface area contributed by atoms with E-state index in [9.17, 15) is 4.21 Å². The molecule has 120 valence electrons. The van der Waals surface area contributed by atoms with E-state index in [0.717, 1.165) is 5.56 Å². The molecule has 0 aliphatic rings. The minimum Gasteiger partial charge on any atom is -0.483 e. The Bertz CT molecular complexity index is 602. The Morgan fingerprint density at radius 3 is 2.41 bits per heavy atom. The molecule has 2 N–H and O–H groups in total. The summed E-state index contributed by atoms with van der Waals surface area (Å²) >= 11 is 1.18. The lowest BCUT2D eigenvalue weighted by Crippen LogP contribution is -2.32. The Kier molecular flexibility index (Phi) is 7.86. The average Bonchev–Trinajstić information content (AvgIpc) is 2.98. The SMILES string of the molecule is CC(C)C(C)NS(=O)c1nc(-c2ccccc2)ns1.O=CO. The largest absolute Gasteiger partial charge is 0.483 e. The normalized spacial score (nSPS) is 13.1. The first kappa shape index (κ1) is 18.4. The van der Waals surface area contributed by atoms with Gasteiger partial charge in [0.1, 0.15) is 0 Å². The maximum atomic E-state index is 12.1. The van der Waals surface area contributed by atoms with Crippen molar-refractivity contribution in [2.24, 2.45) is 5.92 Å². The van der Waals surface area contributed by atoms with Crippen molar-refractivity contribution in [1.29, 1.82) is 0 Å². The first-order valence-corrected chi connectivity index (χ1v) is 8.56. The van der Waals surface area contributed by atoms with Crippen LogP contribution in [0.1, 0.15) is 20.8 Å². The van der Waals surface area contributed by atoms with Gasteiger partial charge in [-0.15, -0.1) is 0 Å². The molecular weight excluding hydrogens is 322 g/mol. The average molecular weight is 341 g/mol. The van der Waals surface area contributed by atoms with Gasteiger partial charge in [0, 0.05) is 11.6 Å². The van der Waals surface area contributed by atoms with E-state index in [1.54, 1.807) is 0 Å². The second-order valence-electron chi connectivity index (χ2n) is 4.77. The number of rotatable bonds is 5. The molecule has 1 aromatic heterocycles. The number of benzene rings is 1. The van der Waals surface area contributed by atoms with Crippen LogP contribution in [0.15, 0.2) is 34.7 Å². The Morgan fingerprint density at radius 2 is 1.86 bits per heavy atom. The highest BCUT2D eigenvalue weighted by atomic mass is 32.2. The third-order valence-corrected chi connectivity index (χ3v) is 5.07. The van der Waals surface area contributed by atoms with E-state index in [4.69, 9.17) is 9.90 Å². The predicted molar refractivity (Wildman–Crippen MR) is 87.9 cm³/mol. The second kappa shape index (κ2) is 9.39. The molecule has 2 rings (SSSR count). The van der Waals surface area contributed by atoms with Gasteiger partial charge in [-0.05, 0) is 24.4 Å². The second-order valence-corrected chi connectivity index (χ2v) is 6.94. The third kappa shape index (κ3) is 5.63. The number of hydrogen-bond donors (Lipinski definition) is 2. The summed E-state index contributed by atoms with van der Waals surface area (Å²) in [7, 11) is -1.29. The molecule has 1 aromatic carbocycles. The van der Waals surface area contributed by atoms with Crippen LogP contribution in [0.25, 0.3) is 11.4 Å². The molecule has 0 aliphatic carbocycles. The summed E-state index contributed by atoms with van der Waals surface area (Å²) in [5.41, 5.74) is 0.943. The Balaban J connectivity index is 0.000000745.